The molecule has 0 aliphatic rings. The Morgan fingerprint density at radius 3 is 1.36 bits per heavy atom. The van der Waals surface area contributed by atoms with Crippen molar-refractivity contribution in [2.24, 2.45) is 0 Å². The maximum atomic E-state index is 13.5. The average Bonchev–Trinajstić information content (AvgIpc) is 3.34. The summed E-state index contributed by atoms with van der Waals surface area (Å²) in [6, 6.07) is -0.907. The van der Waals surface area contributed by atoms with E-state index in [1.807, 2.05) is 33.3 Å². The largest absolute Gasteiger partial charge is 0.472 e. The molecule has 0 aromatic rings. The van der Waals surface area contributed by atoms with Gasteiger partial charge in [-0.1, -0.05) is 207 Å². The summed E-state index contributed by atoms with van der Waals surface area (Å²) in [7, 11) is 1.41. The molecule has 410 valence electrons. The number of ether oxygens (including phenoxy) is 1. The minimum atomic E-state index is -4.48. The predicted molar refractivity (Wildman–Crippen MR) is 309 cm³/mol. The molecular weight excluding hydrogens is 916 g/mol. The third kappa shape index (κ3) is 51.3. The summed E-state index contributed by atoms with van der Waals surface area (Å²) in [5.74, 6) is -0.650. The van der Waals surface area contributed by atoms with Crippen LogP contribution in [0.1, 0.15) is 207 Å². The number of esters is 1. The molecule has 0 radical (unpaired) electrons. The molecule has 1 amide bonds. The fourth-order valence-corrected chi connectivity index (χ4v) is 8.00. The number of carbonyl (C=O) groups excluding carboxylic acids is 2. The summed E-state index contributed by atoms with van der Waals surface area (Å²) >= 11 is 0. The zero-order chi connectivity index (χ0) is 52.9. The van der Waals surface area contributed by atoms with Gasteiger partial charge >= 0.3 is 13.8 Å². The van der Waals surface area contributed by atoms with E-state index in [9.17, 15) is 19.0 Å². The Bertz CT molecular complexity index is 1650. The molecule has 0 saturated carbocycles. The quantitative estimate of drug-likeness (QED) is 0.0205. The lowest BCUT2D eigenvalue weighted by atomic mass is 10.1. The van der Waals surface area contributed by atoms with Crippen molar-refractivity contribution in [2.75, 3.05) is 40.9 Å². The number of phosphoric ester groups is 1. The van der Waals surface area contributed by atoms with Crippen LogP contribution in [0.15, 0.2) is 122 Å². The lowest BCUT2D eigenvalue weighted by molar-refractivity contribution is -0.870. The fraction of sp³-hybridized carbons (Fsp3) is 0.645. The number of hydrogen-bond donors (Lipinski definition) is 2. The normalized spacial score (nSPS) is 14.7. The number of quaternary nitrogens is 1. The fourth-order valence-electron chi connectivity index (χ4n) is 7.26. The molecule has 0 fully saturated rings. The van der Waals surface area contributed by atoms with Gasteiger partial charge in [0.15, 0.2) is 0 Å². The first-order chi connectivity index (χ1) is 34.9. The van der Waals surface area contributed by atoms with E-state index in [1.54, 1.807) is 0 Å². The Morgan fingerprint density at radius 1 is 0.500 bits per heavy atom. The Labute approximate surface area is 442 Å². The van der Waals surface area contributed by atoms with E-state index in [2.05, 4.69) is 135 Å². The minimum Gasteiger partial charge on any atom is -0.456 e. The molecule has 0 aromatic carbocycles. The van der Waals surface area contributed by atoms with E-state index in [0.717, 1.165) is 83.5 Å². The van der Waals surface area contributed by atoms with Crippen LogP contribution in [0.2, 0.25) is 0 Å². The number of allylic oxidation sites excluding steroid dienone is 19. The van der Waals surface area contributed by atoms with E-state index in [1.165, 1.54) is 77.0 Å². The molecule has 72 heavy (non-hydrogen) atoms. The van der Waals surface area contributed by atoms with Gasteiger partial charge in [-0.15, -0.1) is 0 Å². The smallest absolute Gasteiger partial charge is 0.456 e. The molecule has 2 N–H and O–H groups in total. The number of unbranched alkanes of at least 4 members (excludes halogenated alkanes) is 15. The Balaban J connectivity index is 5.56. The number of nitrogens with one attached hydrogen (secondary N) is 1. The minimum absolute atomic E-state index is 0.0146. The van der Waals surface area contributed by atoms with Gasteiger partial charge in [-0.2, -0.15) is 0 Å². The third-order valence-electron chi connectivity index (χ3n) is 11.6. The number of nitrogens with zero attached hydrogens (tertiary/aromatic N) is 1. The molecule has 10 heteroatoms. The molecule has 0 aliphatic carbocycles. The van der Waals surface area contributed by atoms with E-state index >= 15 is 0 Å². The number of hydrogen-bond acceptors (Lipinski definition) is 6. The van der Waals surface area contributed by atoms with Crippen molar-refractivity contribution in [3.05, 3.63) is 122 Å². The van der Waals surface area contributed by atoms with Gasteiger partial charge in [0.05, 0.1) is 33.8 Å². The van der Waals surface area contributed by atoms with Gasteiger partial charge in [0.25, 0.3) is 0 Å². The summed E-state index contributed by atoms with van der Waals surface area (Å²) in [6.45, 7) is 6.75. The molecule has 3 atom stereocenters. The van der Waals surface area contributed by atoms with Crippen LogP contribution in [-0.4, -0.2) is 74.3 Å². The second kappa shape index (κ2) is 50.9. The highest BCUT2D eigenvalue weighted by molar-refractivity contribution is 7.47. The molecular formula is C62H106N2O7P+. The first kappa shape index (κ1) is 68.4. The third-order valence-corrected chi connectivity index (χ3v) is 12.6. The number of carbonyl (C=O) groups is 2. The SMILES string of the molecule is CC/C=C\C/C=C\C/C=C\C/C=C\C/C=C\CCCC(=O)NC(COP(=O)(O)OCC[N+](C)(C)C)C(/C=C/CCCCCCCCCCCC)OC(=O)CCC/C=C\C/C=C\C/C=C\C/C=C\CCCCC. The lowest BCUT2D eigenvalue weighted by Crippen LogP contribution is -2.47. The van der Waals surface area contributed by atoms with Crippen LogP contribution in [0, 0.1) is 0 Å². The van der Waals surface area contributed by atoms with Gasteiger partial charge in [0.2, 0.25) is 5.91 Å². The molecule has 0 aromatic heterocycles. The van der Waals surface area contributed by atoms with E-state index < -0.39 is 25.9 Å². The predicted octanol–water partition coefficient (Wildman–Crippen LogP) is 17.2. The van der Waals surface area contributed by atoms with E-state index in [0.29, 0.717) is 23.9 Å². The van der Waals surface area contributed by atoms with Crippen LogP contribution >= 0.6 is 7.82 Å². The number of rotatable bonds is 49. The summed E-state index contributed by atoms with van der Waals surface area (Å²) in [5.41, 5.74) is 0. The van der Waals surface area contributed by atoms with E-state index in [4.69, 9.17) is 13.8 Å². The van der Waals surface area contributed by atoms with Crippen LogP contribution in [0.3, 0.4) is 0 Å². The average molecular weight is 1020 g/mol. The second-order valence-corrected chi connectivity index (χ2v) is 21.2. The highest BCUT2D eigenvalue weighted by Crippen LogP contribution is 2.43. The van der Waals surface area contributed by atoms with Gasteiger partial charge in [0.1, 0.15) is 19.3 Å². The van der Waals surface area contributed by atoms with Gasteiger partial charge in [-0.25, -0.2) is 4.57 Å². The summed E-state index contributed by atoms with van der Waals surface area (Å²) < 4.78 is 30.5. The lowest BCUT2D eigenvalue weighted by Gasteiger charge is -2.27. The molecule has 9 nitrogen and oxygen atoms in total. The van der Waals surface area contributed by atoms with Gasteiger partial charge < -0.3 is 19.4 Å². The van der Waals surface area contributed by atoms with Crippen LogP contribution < -0.4 is 5.32 Å². The summed E-state index contributed by atoms with van der Waals surface area (Å²) in [6.07, 6.45) is 70.7. The zero-order valence-corrected chi connectivity index (χ0v) is 47.5. The second-order valence-electron chi connectivity index (χ2n) is 19.7. The zero-order valence-electron chi connectivity index (χ0n) is 46.6. The highest BCUT2D eigenvalue weighted by atomic mass is 31.2. The van der Waals surface area contributed by atoms with Crippen molar-refractivity contribution in [1.82, 2.24) is 5.32 Å². The number of phosphoric acid groups is 1. The number of amides is 1. The van der Waals surface area contributed by atoms with Crippen LogP contribution in [0.4, 0.5) is 0 Å². The standard InChI is InChI=1S/C62H105N2O7P/c1-7-10-13-16-19-22-25-28-30-32-34-36-39-42-45-48-51-54-61(65)63-59(58-70-72(67,68)69-57-56-64(4,5)6)60(53-50-47-44-41-38-27-24-21-18-15-12-9-3)71-62(66)55-52-49-46-43-40-37-35-33-31-29-26-23-20-17-14-11-8-2/h10,13,19-20,22-23,28-31,34-37,42-43,45-46,50,53,59-60H,7-9,11-12,14-18,21,24-27,32-33,38-41,44,47-49,51-52,54-58H2,1-6H3,(H-,63,65,67,68)/p+1/b13-10-,22-19-,23-20-,30-28-,31-29-,36-34-,37-35-,45-42-,46-43-,53-50+. The first-order valence-corrected chi connectivity index (χ1v) is 29.9. The van der Waals surface area contributed by atoms with Crippen molar-refractivity contribution in [3.63, 3.8) is 0 Å². The molecule has 0 rings (SSSR count). The molecule has 0 aliphatic heterocycles. The van der Waals surface area contributed by atoms with E-state index in [-0.39, 0.29) is 32.0 Å². The molecule has 0 saturated heterocycles. The monoisotopic (exact) mass is 1020 g/mol. The molecule has 0 heterocycles. The van der Waals surface area contributed by atoms with Crippen LogP contribution in [0.25, 0.3) is 0 Å². The van der Waals surface area contributed by atoms with Crippen LogP contribution in [-0.2, 0) is 27.9 Å². The van der Waals surface area contributed by atoms with Gasteiger partial charge in [0, 0.05) is 12.8 Å². The maximum Gasteiger partial charge on any atom is 0.472 e. The Morgan fingerprint density at radius 2 is 0.889 bits per heavy atom. The van der Waals surface area contributed by atoms with Crippen molar-refractivity contribution in [3.8, 4) is 0 Å². The molecule has 3 unspecified atom stereocenters. The van der Waals surface area contributed by atoms with Gasteiger partial charge in [-0.05, 0) is 109 Å². The van der Waals surface area contributed by atoms with Crippen molar-refractivity contribution >= 4 is 19.7 Å². The Hall–Kier alpha value is -3.59. The molecule has 0 spiro atoms. The van der Waals surface area contributed by atoms with Gasteiger partial charge in [-0.3, -0.25) is 18.6 Å². The maximum absolute atomic E-state index is 13.5. The topological polar surface area (TPSA) is 111 Å². The first-order valence-electron chi connectivity index (χ1n) is 28.4. The van der Waals surface area contributed by atoms with Crippen molar-refractivity contribution in [2.45, 2.75) is 219 Å². The van der Waals surface area contributed by atoms with Crippen molar-refractivity contribution < 1.29 is 37.3 Å². The number of likely N-dealkylation sites (N-methyl/N-ethyl adjacent to an activating group) is 1. The molecule has 0 bridgehead atoms. The summed E-state index contributed by atoms with van der Waals surface area (Å²) in [4.78, 5) is 37.5. The summed E-state index contributed by atoms with van der Waals surface area (Å²) in [5, 5.41) is 2.99. The van der Waals surface area contributed by atoms with Crippen LogP contribution in [0.5, 0.6) is 0 Å². The highest BCUT2D eigenvalue weighted by Gasteiger charge is 2.30. The Kier molecular flexibility index (Phi) is 48.4. The van der Waals surface area contributed by atoms with Crippen molar-refractivity contribution in [1.29, 1.82) is 0 Å².